The van der Waals surface area contributed by atoms with Crippen LogP contribution in [-0.2, 0) is 10.0 Å². The fraction of sp³-hybridized carbons (Fsp3) is 0.294. The maximum atomic E-state index is 13.5. The van der Waals surface area contributed by atoms with Gasteiger partial charge in [0.05, 0.1) is 21.3 Å². The number of hydrogen-bond acceptors (Lipinski definition) is 5. The zero-order chi connectivity index (χ0) is 18.6. The first-order chi connectivity index (χ1) is 11.8. The molecule has 0 spiro atoms. The summed E-state index contributed by atoms with van der Waals surface area (Å²) < 4.78 is 56.8. The summed E-state index contributed by atoms with van der Waals surface area (Å²) in [7, 11) is 0.292. The molecule has 0 aliphatic rings. The molecule has 0 aliphatic carbocycles. The van der Waals surface area contributed by atoms with E-state index in [1.165, 1.54) is 27.4 Å². The number of benzene rings is 2. The Morgan fingerprint density at radius 2 is 1.60 bits per heavy atom. The van der Waals surface area contributed by atoms with Crippen LogP contribution in [0.2, 0.25) is 0 Å². The van der Waals surface area contributed by atoms with E-state index >= 15 is 0 Å². The third kappa shape index (κ3) is 4.21. The maximum Gasteiger partial charge on any atom is 0.244 e. The Labute approximate surface area is 146 Å². The molecule has 0 heterocycles. The first-order valence-electron chi connectivity index (χ1n) is 7.40. The predicted octanol–water partition coefficient (Wildman–Crippen LogP) is 2.89. The van der Waals surface area contributed by atoms with Gasteiger partial charge in [0.1, 0.15) is 28.0 Å². The minimum atomic E-state index is -4.03. The van der Waals surface area contributed by atoms with Crippen LogP contribution in [0.4, 0.5) is 4.39 Å². The Bertz CT molecular complexity index is 854. The molecule has 0 bridgehead atoms. The number of sulfonamides is 1. The Balaban J connectivity index is 2.40. The molecule has 2 aromatic carbocycles. The van der Waals surface area contributed by atoms with Crippen LogP contribution in [0.15, 0.2) is 41.3 Å². The van der Waals surface area contributed by atoms with Crippen LogP contribution in [0.1, 0.15) is 18.5 Å². The lowest BCUT2D eigenvalue weighted by molar-refractivity contribution is 0.394. The standard InChI is InChI=1S/C17H20FNO5S/c1-11(14-10-13(22-2)6-8-15(14)23-3)19-25(20,21)17-9-12(18)5-7-16(17)24-4/h5-11,19H,1-4H3. The molecule has 1 atom stereocenters. The SMILES string of the molecule is COc1ccc(OC)c(C(C)NS(=O)(=O)c2cc(F)ccc2OC)c1. The largest absolute Gasteiger partial charge is 0.497 e. The highest BCUT2D eigenvalue weighted by atomic mass is 32.2. The number of rotatable bonds is 7. The molecule has 1 unspecified atom stereocenters. The Morgan fingerprint density at radius 3 is 2.20 bits per heavy atom. The number of ether oxygens (including phenoxy) is 3. The van der Waals surface area contributed by atoms with Gasteiger partial charge in [0.25, 0.3) is 0 Å². The molecule has 0 aromatic heterocycles. The third-order valence-corrected chi connectivity index (χ3v) is 5.21. The van der Waals surface area contributed by atoms with Gasteiger partial charge in [-0.25, -0.2) is 17.5 Å². The monoisotopic (exact) mass is 369 g/mol. The van der Waals surface area contributed by atoms with Crippen LogP contribution >= 0.6 is 0 Å². The van der Waals surface area contributed by atoms with E-state index in [1.807, 2.05) is 0 Å². The van der Waals surface area contributed by atoms with Crippen molar-refractivity contribution in [2.75, 3.05) is 21.3 Å². The van der Waals surface area contributed by atoms with Crippen LogP contribution in [0.5, 0.6) is 17.2 Å². The first-order valence-corrected chi connectivity index (χ1v) is 8.88. The molecule has 25 heavy (non-hydrogen) atoms. The van der Waals surface area contributed by atoms with Gasteiger partial charge in [-0.1, -0.05) is 0 Å². The summed E-state index contributed by atoms with van der Waals surface area (Å²) in [4.78, 5) is -0.274. The molecule has 0 saturated heterocycles. The van der Waals surface area contributed by atoms with Crippen molar-refractivity contribution >= 4 is 10.0 Å². The summed E-state index contributed by atoms with van der Waals surface area (Å²) in [6.07, 6.45) is 0. The zero-order valence-corrected chi connectivity index (χ0v) is 15.2. The van der Waals surface area contributed by atoms with Gasteiger partial charge in [-0.15, -0.1) is 0 Å². The predicted molar refractivity (Wildman–Crippen MR) is 91.2 cm³/mol. The lowest BCUT2D eigenvalue weighted by Crippen LogP contribution is -2.27. The molecule has 0 saturated carbocycles. The van der Waals surface area contributed by atoms with Gasteiger partial charge < -0.3 is 14.2 Å². The summed E-state index contributed by atoms with van der Waals surface area (Å²) in [6.45, 7) is 1.65. The van der Waals surface area contributed by atoms with E-state index in [9.17, 15) is 12.8 Å². The van der Waals surface area contributed by atoms with E-state index in [2.05, 4.69) is 4.72 Å². The molecule has 0 amide bonds. The average Bonchev–Trinajstić information content (AvgIpc) is 2.60. The Morgan fingerprint density at radius 1 is 0.960 bits per heavy atom. The molecule has 136 valence electrons. The maximum absolute atomic E-state index is 13.5. The summed E-state index contributed by atoms with van der Waals surface area (Å²) in [6, 6.07) is 7.72. The van der Waals surface area contributed by atoms with Crippen molar-refractivity contribution in [3.05, 3.63) is 47.8 Å². The van der Waals surface area contributed by atoms with Gasteiger partial charge in [0.15, 0.2) is 0 Å². The van der Waals surface area contributed by atoms with E-state index < -0.39 is 21.9 Å². The molecule has 2 aromatic rings. The van der Waals surface area contributed by atoms with Gasteiger partial charge in [-0.3, -0.25) is 0 Å². The van der Waals surface area contributed by atoms with Crippen LogP contribution < -0.4 is 18.9 Å². The van der Waals surface area contributed by atoms with Crippen molar-refractivity contribution in [2.45, 2.75) is 17.9 Å². The fourth-order valence-electron chi connectivity index (χ4n) is 2.40. The van der Waals surface area contributed by atoms with E-state index in [4.69, 9.17) is 14.2 Å². The Hall–Kier alpha value is -2.32. The summed E-state index contributed by atoms with van der Waals surface area (Å²) in [5.41, 5.74) is 0.584. The molecule has 0 aliphatic heterocycles. The fourth-order valence-corrected chi connectivity index (χ4v) is 3.80. The minimum Gasteiger partial charge on any atom is -0.497 e. The van der Waals surface area contributed by atoms with E-state index in [-0.39, 0.29) is 10.6 Å². The molecule has 8 heteroatoms. The number of halogens is 1. The van der Waals surface area contributed by atoms with Gasteiger partial charge in [-0.2, -0.15) is 0 Å². The number of hydrogen-bond donors (Lipinski definition) is 1. The summed E-state index contributed by atoms with van der Waals surface area (Å²) >= 11 is 0. The van der Waals surface area contributed by atoms with Crippen LogP contribution in [0.3, 0.4) is 0 Å². The average molecular weight is 369 g/mol. The van der Waals surface area contributed by atoms with E-state index in [0.717, 1.165) is 12.1 Å². The number of nitrogens with one attached hydrogen (secondary N) is 1. The van der Waals surface area contributed by atoms with Gasteiger partial charge in [0.2, 0.25) is 10.0 Å². The van der Waals surface area contributed by atoms with Crippen LogP contribution in [-0.4, -0.2) is 29.7 Å². The smallest absolute Gasteiger partial charge is 0.244 e. The van der Waals surface area contributed by atoms with Crippen molar-refractivity contribution in [3.63, 3.8) is 0 Å². The van der Waals surface area contributed by atoms with Crippen molar-refractivity contribution in [1.29, 1.82) is 0 Å². The van der Waals surface area contributed by atoms with Crippen molar-refractivity contribution < 1.29 is 27.0 Å². The van der Waals surface area contributed by atoms with E-state index in [1.54, 1.807) is 25.1 Å². The lowest BCUT2D eigenvalue weighted by atomic mass is 10.1. The highest BCUT2D eigenvalue weighted by Crippen LogP contribution is 2.31. The molecule has 6 nitrogen and oxygen atoms in total. The van der Waals surface area contributed by atoms with Crippen LogP contribution in [0, 0.1) is 5.82 Å². The molecule has 1 N–H and O–H groups in total. The second-order valence-electron chi connectivity index (χ2n) is 5.25. The first kappa shape index (κ1) is 19.0. The number of methoxy groups -OCH3 is 3. The molecular formula is C17H20FNO5S. The normalized spacial score (nSPS) is 12.5. The summed E-state index contributed by atoms with van der Waals surface area (Å²) in [5, 5.41) is 0. The second kappa shape index (κ2) is 7.71. The van der Waals surface area contributed by atoms with Gasteiger partial charge in [-0.05, 0) is 43.3 Å². The minimum absolute atomic E-state index is 0.0544. The topological polar surface area (TPSA) is 73.9 Å². The van der Waals surface area contributed by atoms with Crippen LogP contribution in [0.25, 0.3) is 0 Å². The lowest BCUT2D eigenvalue weighted by Gasteiger charge is -2.19. The van der Waals surface area contributed by atoms with Crippen molar-refractivity contribution in [2.24, 2.45) is 0 Å². The molecule has 2 rings (SSSR count). The van der Waals surface area contributed by atoms with Gasteiger partial charge >= 0.3 is 0 Å². The van der Waals surface area contributed by atoms with E-state index in [0.29, 0.717) is 17.1 Å². The van der Waals surface area contributed by atoms with Crippen molar-refractivity contribution in [3.8, 4) is 17.2 Å². The zero-order valence-electron chi connectivity index (χ0n) is 14.4. The molecular weight excluding hydrogens is 349 g/mol. The highest BCUT2D eigenvalue weighted by Gasteiger charge is 2.24. The van der Waals surface area contributed by atoms with Crippen molar-refractivity contribution in [1.82, 2.24) is 4.72 Å². The summed E-state index contributed by atoms with van der Waals surface area (Å²) in [5.74, 6) is 0.443. The third-order valence-electron chi connectivity index (χ3n) is 3.65. The molecule has 0 radical (unpaired) electrons. The Kier molecular flexibility index (Phi) is 5.86. The van der Waals surface area contributed by atoms with Gasteiger partial charge in [0, 0.05) is 11.6 Å². The highest BCUT2D eigenvalue weighted by molar-refractivity contribution is 7.89. The second-order valence-corrected chi connectivity index (χ2v) is 6.93. The molecule has 0 fully saturated rings. The quantitative estimate of drug-likeness (QED) is 0.812.